The Hall–Kier alpha value is -1.12. The number of rotatable bonds is 7. The highest BCUT2D eigenvalue weighted by Gasteiger charge is 2.19. The maximum Gasteiger partial charge on any atom is 0.240 e. The summed E-state index contributed by atoms with van der Waals surface area (Å²) >= 11 is 0. The molecule has 0 heterocycles. The van der Waals surface area contributed by atoms with E-state index in [0.29, 0.717) is 23.5 Å². The molecule has 0 radical (unpaired) electrons. The first-order valence-corrected chi connectivity index (χ1v) is 10.0. The molecular formula is C13H21NO5S2. The highest BCUT2D eigenvalue weighted by Crippen LogP contribution is 2.25. The van der Waals surface area contributed by atoms with Crippen LogP contribution in [0.15, 0.2) is 17.0 Å². The standard InChI is InChI=1S/C13H21NO5S2/c1-5-19-12-8-11(3)13(9-10(12)2)21(17,18)14-6-7-20(4,15)16/h8-9,14H,5-7H2,1-4H3. The number of ether oxygens (including phenoxy) is 1. The van der Waals surface area contributed by atoms with E-state index in [1.54, 1.807) is 19.9 Å². The zero-order chi connectivity index (χ0) is 16.3. The zero-order valence-electron chi connectivity index (χ0n) is 12.6. The van der Waals surface area contributed by atoms with E-state index in [0.717, 1.165) is 6.26 Å². The van der Waals surface area contributed by atoms with Gasteiger partial charge in [0.1, 0.15) is 15.6 Å². The van der Waals surface area contributed by atoms with Gasteiger partial charge in [0.25, 0.3) is 0 Å². The Morgan fingerprint density at radius 2 is 1.71 bits per heavy atom. The molecule has 0 aliphatic heterocycles. The van der Waals surface area contributed by atoms with E-state index in [1.165, 1.54) is 6.07 Å². The summed E-state index contributed by atoms with van der Waals surface area (Å²) < 4.78 is 54.2. The van der Waals surface area contributed by atoms with E-state index in [4.69, 9.17) is 4.74 Å². The molecule has 0 saturated carbocycles. The van der Waals surface area contributed by atoms with Crippen LogP contribution in [-0.2, 0) is 19.9 Å². The number of aryl methyl sites for hydroxylation is 2. The first-order valence-electron chi connectivity index (χ1n) is 6.48. The average molecular weight is 335 g/mol. The smallest absolute Gasteiger partial charge is 0.240 e. The van der Waals surface area contributed by atoms with E-state index in [9.17, 15) is 16.8 Å². The lowest BCUT2D eigenvalue weighted by molar-refractivity contribution is 0.337. The summed E-state index contributed by atoms with van der Waals surface area (Å²) in [7, 11) is -6.95. The van der Waals surface area contributed by atoms with Crippen molar-refractivity contribution in [3.05, 3.63) is 23.3 Å². The van der Waals surface area contributed by atoms with Crippen molar-refractivity contribution >= 4 is 19.9 Å². The molecule has 0 fully saturated rings. The van der Waals surface area contributed by atoms with Crippen molar-refractivity contribution in [1.29, 1.82) is 0 Å². The number of benzene rings is 1. The first kappa shape index (κ1) is 17.9. The third-order valence-corrected chi connectivity index (χ3v) is 5.38. The Kier molecular flexibility index (Phi) is 5.77. The third-order valence-electron chi connectivity index (χ3n) is 2.83. The third kappa shape index (κ3) is 5.29. The van der Waals surface area contributed by atoms with E-state index >= 15 is 0 Å². The van der Waals surface area contributed by atoms with Gasteiger partial charge in [-0.25, -0.2) is 21.6 Å². The molecule has 0 spiro atoms. The van der Waals surface area contributed by atoms with Gasteiger partial charge in [-0.05, 0) is 44.0 Å². The predicted octanol–water partition coefficient (Wildman–Crippen LogP) is 1.03. The summed E-state index contributed by atoms with van der Waals surface area (Å²) in [5.41, 5.74) is 1.27. The second-order valence-corrected chi connectivity index (χ2v) is 8.84. The molecule has 1 aromatic carbocycles. The largest absolute Gasteiger partial charge is 0.494 e. The molecule has 0 unspecified atom stereocenters. The predicted molar refractivity (Wildman–Crippen MR) is 82.0 cm³/mol. The van der Waals surface area contributed by atoms with Gasteiger partial charge in [0.2, 0.25) is 10.0 Å². The van der Waals surface area contributed by atoms with E-state index < -0.39 is 19.9 Å². The van der Waals surface area contributed by atoms with Crippen molar-refractivity contribution in [2.45, 2.75) is 25.7 Å². The molecule has 6 nitrogen and oxygen atoms in total. The average Bonchev–Trinajstić information content (AvgIpc) is 2.31. The molecule has 0 aromatic heterocycles. The number of sulfone groups is 1. The SMILES string of the molecule is CCOc1cc(C)c(S(=O)(=O)NCCS(C)(=O)=O)cc1C. The molecule has 120 valence electrons. The van der Waals surface area contributed by atoms with Crippen LogP contribution in [0.1, 0.15) is 18.1 Å². The van der Waals surface area contributed by atoms with Crippen LogP contribution in [0.5, 0.6) is 5.75 Å². The van der Waals surface area contributed by atoms with E-state index in [1.807, 2.05) is 6.92 Å². The lowest BCUT2D eigenvalue weighted by Gasteiger charge is -2.13. The minimum atomic E-state index is -3.74. The van der Waals surface area contributed by atoms with Gasteiger partial charge in [-0.3, -0.25) is 0 Å². The molecule has 21 heavy (non-hydrogen) atoms. The zero-order valence-corrected chi connectivity index (χ0v) is 14.3. The molecule has 0 atom stereocenters. The quantitative estimate of drug-likeness (QED) is 0.804. The molecule has 1 N–H and O–H groups in total. The van der Waals surface area contributed by atoms with Crippen LogP contribution in [-0.4, -0.2) is 42.0 Å². The van der Waals surface area contributed by atoms with Crippen molar-refractivity contribution in [2.24, 2.45) is 0 Å². The summed E-state index contributed by atoms with van der Waals surface area (Å²) in [5.74, 6) is 0.409. The second kappa shape index (κ2) is 6.76. The van der Waals surface area contributed by atoms with Crippen LogP contribution in [0.2, 0.25) is 0 Å². The second-order valence-electron chi connectivity index (χ2n) is 4.84. The van der Waals surface area contributed by atoms with Crippen LogP contribution in [0.3, 0.4) is 0 Å². The summed E-state index contributed by atoms with van der Waals surface area (Å²) in [6, 6.07) is 3.20. The Morgan fingerprint density at radius 1 is 1.10 bits per heavy atom. The van der Waals surface area contributed by atoms with Gasteiger partial charge in [0.05, 0.1) is 17.3 Å². The van der Waals surface area contributed by atoms with Gasteiger partial charge in [0, 0.05) is 12.8 Å². The Labute approximate surface area is 126 Å². The van der Waals surface area contributed by atoms with Crippen molar-refractivity contribution in [3.8, 4) is 5.75 Å². The Morgan fingerprint density at radius 3 is 2.24 bits per heavy atom. The van der Waals surface area contributed by atoms with Gasteiger partial charge in [-0.15, -0.1) is 0 Å². The maximum absolute atomic E-state index is 12.2. The fourth-order valence-electron chi connectivity index (χ4n) is 1.80. The summed E-state index contributed by atoms with van der Waals surface area (Å²) in [6.07, 6.45) is 1.06. The van der Waals surface area contributed by atoms with E-state index in [-0.39, 0.29) is 17.2 Å². The number of hydrogen-bond acceptors (Lipinski definition) is 5. The fraction of sp³-hybridized carbons (Fsp3) is 0.538. The lowest BCUT2D eigenvalue weighted by atomic mass is 10.1. The minimum absolute atomic E-state index is 0.136. The number of hydrogen-bond donors (Lipinski definition) is 1. The van der Waals surface area contributed by atoms with Crippen molar-refractivity contribution in [2.75, 3.05) is 25.2 Å². The summed E-state index contributed by atoms with van der Waals surface area (Å²) in [6.45, 7) is 5.64. The molecule has 0 saturated heterocycles. The molecule has 1 rings (SSSR count). The lowest BCUT2D eigenvalue weighted by Crippen LogP contribution is -2.29. The normalized spacial score (nSPS) is 12.4. The highest BCUT2D eigenvalue weighted by atomic mass is 32.2. The van der Waals surface area contributed by atoms with Crippen molar-refractivity contribution in [3.63, 3.8) is 0 Å². The van der Waals surface area contributed by atoms with Crippen molar-refractivity contribution in [1.82, 2.24) is 4.72 Å². The summed E-state index contributed by atoms with van der Waals surface area (Å²) in [5, 5.41) is 0. The van der Waals surface area contributed by atoms with Gasteiger partial charge in [-0.1, -0.05) is 0 Å². The van der Waals surface area contributed by atoms with Gasteiger partial charge in [0.15, 0.2) is 0 Å². The van der Waals surface area contributed by atoms with Crippen LogP contribution < -0.4 is 9.46 Å². The summed E-state index contributed by atoms with van der Waals surface area (Å²) in [4.78, 5) is 0.136. The Bertz CT molecular complexity index is 708. The molecular weight excluding hydrogens is 314 g/mol. The first-order chi connectivity index (χ1) is 9.57. The van der Waals surface area contributed by atoms with Crippen LogP contribution >= 0.6 is 0 Å². The molecule has 0 aliphatic rings. The number of sulfonamides is 1. The molecule has 1 aromatic rings. The van der Waals surface area contributed by atoms with Crippen LogP contribution in [0.4, 0.5) is 0 Å². The molecule has 8 heteroatoms. The van der Waals surface area contributed by atoms with Crippen LogP contribution in [0.25, 0.3) is 0 Å². The van der Waals surface area contributed by atoms with Gasteiger partial charge < -0.3 is 4.74 Å². The van der Waals surface area contributed by atoms with Gasteiger partial charge >= 0.3 is 0 Å². The van der Waals surface area contributed by atoms with Crippen molar-refractivity contribution < 1.29 is 21.6 Å². The number of nitrogens with one attached hydrogen (secondary N) is 1. The van der Waals surface area contributed by atoms with E-state index in [2.05, 4.69) is 4.72 Å². The molecule has 0 aliphatic carbocycles. The highest BCUT2D eigenvalue weighted by molar-refractivity contribution is 7.91. The Balaban J connectivity index is 3.01. The topological polar surface area (TPSA) is 89.5 Å². The van der Waals surface area contributed by atoms with Crippen LogP contribution in [0, 0.1) is 13.8 Å². The maximum atomic E-state index is 12.2. The monoisotopic (exact) mass is 335 g/mol. The molecule has 0 bridgehead atoms. The minimum Gasteiger partial charge on any atom is -0.494 e. The fourth-order valence-corrected chi connectivity index (χ4v) is 3.75. The van der Waals surface area contributed by atoms with Gasteiger partial charge in [-0.2, -0.15) is 0 Å². The molecule has 0 amide bonds.